The lowest BCUT2D eigenvalue weighted by molar-refractivity contribution is -0.120. The minimum Gasteiger partial charge on any atom is -0.343 e. The van der Waals surface area contributed by atoms with E-state index in [1.807, 2.05) is 29.6 Å². The van der Waals surface area contributed by atoms with Crippen LogP contribution in [0, 0.1) is 5.82 Å². The Labute approximate surface area is 167 Å². The molecule has 2 N–H and O–H groups in total. The fourth-order valence-corrected chi connectivity index (χ4v) is 3.60. The highest BCUT2D eigenvalue weighted by atomic mass is 32.1. The first-order valence-corrected chi connectivity index (χ1v) is 9.90. The van der Waals surface area contributed by atoms with Gasteiger partial charge in [0.1, 0.15) is 5.82 Å². The number of hydrogen-bond acceptors (Lipinski definition) is 3. The molecule has 0 radical (unpaired) electrons. The number of aryl methyl sites for hydroxylation is 1. The molecule has 0 aliphatic carbocycles. The van der Waals surface area contributed by atoms with Crippen LogP contribution in [0.15, 0.2) is 66.0 Å². The first-order chi connectivity index (χ1) is 13.6. The Morgan fingerprint density at radius 2 is 1.75 bits per heavy atom. The highest BCUT2D eigenvalue weighted by molar-refractivity contribution is 7.10. The van der Waals surface area contributed by atoms with Crippen LogP contribution in [0.5, 0.6) is 0 Å². The second kappa shape index (κ2) is 9.28. The minimum absolute atomic E-state index is 0.162. The molecular weight excluding hydrogens is 375 g/mol. The molecule has 1 atom stereocenters. The monoisotopic (exact) mass is 396 g/mol. The Morgan fingerprint density at radius 3 is 2.36 bits per heavy atom. The number of carbonyl (C=O) groups excluding carboxylic acids is 2. The first kappa shape index (κ1) is 19.8. The van der Waals surface area contributed by atoms with Gasteiger partial charge < -0.3 is 10.6 Å². The van der Waals surface area contributed by atoms with Crippen LogP contribution in [0.2, 0.25) is 0 Å². The van der Waals surface area contributed by atoms with Crippen LogP contribution >= 0.6 is 11.3 Å². The van der Waals surface area contributed by atoms with Crippen molar-refractivity contribution in [3.63, 3.8) is 0 Å². The first-order valence-electron chi connectivity index (χ1n) is 9.02. The molecule has 2 aromatic carbocycles. The number of halogens is 1. The Hall–Kier alpha value is -2.99. The summed E-state index contributed by atoms with van der Waals surface area (Å²) in [6.07, 6.45) is 0.950. The lowest BCUT2D eigenvalue weighted by Crippen LogP contribution is -2.38. The second-order valence-electron chi connectivity index (χ2n) is 6.30. The van der Waals surface area contributed by atoms with Crippen LogP contribution in [0.25, 0.3) is 0 Å². The molecule has 1 aromatic heterocycles. The SMILES string of the molecule is CCc1ccc(C(NC(=O)CNC(=O)c2ccc(F)cc2)c2cccs2)cc1. The zero-order chi connectivity index (χ0) is 19.9. The number of carbonyl (C=O) groups is 2. The molecule has 3 rings (SSSR count). The van der Waals surface area contributed by atoms with Gasteiger partial charge in [-0.1, -0.05) is 37.3 Å². The van der Waals surface area contributed by atoms with Crippen molar-refractivity contribution in [2.45, 2.75) is 19.4 Å². The quantitative estimate of drug-likeness (QED) is 0.632. The van der Waals surface area contributed by atoms with Gasteiger partial charge in [-0.3, -0.25) is 9.59 Å². The molecule has 0 fully saturated rings. The maximum Gasteiger partial charge on any atom is 0.251 e. The van der Waals surface area contributed by atoms with Gasteiger partial charge in [0.2, 0.25) is 5.91 Å². The van der Waals surface area contributed by atoms with E-state index in [1.165, 1.54) is 29.8 Å². The summed E-state index contributed by atoms with van der Waals surface area (Å²) in [6.45, 7) is 1.93. The van der Waals surface area contributed by atoms with Gasteiger partial charge in [0.25, 0.3) is 5.91 Å². The number of benzene rings is 2. The van der Waals surface area contributed by atoms with Gasteiger partial charge in [-0.05, 0) is 53.3 Å². The van der Waals surface area contributed by atoms with Gasteiger partial charge in [0, 0.05) is 10.4 Å². The molecule has 2 amide bonds. The average molecular weight is 396 g/mol. The summed E-state index contributed by atoms with van der Waals surface area (Å²) in [6, 6.07) is 17.0. The van der Waals surface area contributed by atoms with Gasteiger partial charge in [-0.15, -0.1) is 11.3 Å². The summed E-state index contributed by atoms with van der Waals surface area (Å²) in [4.78, 5) is 25.6. The van der Waals surface area contributed by atoms with Crippen LogP contribution in [-0.4, -0.2) is 18.4 Å². The lowest BCUT2D eigenvalue weighted by atomic mass is 10.0. The minimum atomic E-state index is -0.421. The average Bonchev–Trinajstić information content (AvgIpc) is 3.25. The number of hydrogen-bond donors (Lipinski definition) is 2. The number of thiophene rings is 1. The highest BCUT2D eigenvalue weighted by Crippen LogP contribution is 2.26. The van der Waals surface area contributed by atoms with E-state index < -0.39 is 11.7 Å². The molecule has 0 saturated heterocycles. The van der Waals surface area contributed by atoms with E-state index in [-0.39, 0.29) is 18.5 Å². The molecular formula is C22H21FN2O2S. The molecule has 3 aromatic rings. The van der Waals surface area contributed by atoms with Gasteiger partial charge in [0.15, 0.2) is 0 Å². The molecule has 0 aliphatic heterocycles. The molecule has 28 heavy (non-hydrogen) atoms. The summed E-state index contributed by atoms with van der Waals surface area (Å²) in [5, 5.41) is 7.52. The van der Waals surface area contributed by atoms with Gasteiger partial charge in [-0.25, -0.2) is 4.39 Å². The number of rotatable bonds is 7. The standard InChI is InChI=1S/C22H21FN2O2S/c1-2-15-5-7-16(8-6-15)21(19-4-3-13-28-19)25-20(26)14-24-22(27)17-9-11-18(23)12-10-17/h3-13,21H,2,14H2,1H3,(H,24,27)(H,25,26). The van der Waals surface area contributed by atoms with Crippen LogP contribution in [0.4, 0.5) is 4.39 Å². The molecule has 6 heteroatoms. The summed E-state index contributed by atoms with van der Waals surface area (Å²) in [7, 11) is 0. The Morgan fingerprint density at radius 1 is 1.04 bits per heavy atom. The largest absolute Gasteiger partial charge is 0.343 e. The van der Waals surface area contributed by atoms with Crippen molar-refractivity contribution in [1.29, 1.82) is 0 Å². The maximum absolute atomic E-state index is 13.0. The van der Waals surface area contributed by atoms with Crippen molar-refractivity contribution in [2.75, 3.05) is 6.54 Å². The second-order valence-corrected chi connectivity index (χ2v) is 7.28. The third kappa shape index (κ3) is 5.04. The topological polar surface area (TPSA) is 58.2 Å². The summed E-state index contributed by atoms with van der Waals surface area (Å²) < 4.78 is 13.0. The van der Waals surface area contributed by atoms with E-state index in [9.17, 15) is 14.0 Å². The Kier molecular flexibility index (Phi) is 6.55. The van der Waals surface area contributed by atoms with Gasteiger partial charge in [-0.2, -0.15) is 0 Å². The highest BCUT2D eigenvalue weighted by Gasteiger charge is 2.18. The fourth-order valence-electron chi connectivity index (χ4n) is 2.80. The van der Waals surface area contributed by atoms with Gasteiger partial charge in [0.05, 0.1) is 12.6 Å². The Bertz CT molecular complexity index is 922. The van der Waals surface area contributed by atoms with E-state index in [1.54, 1.807) is 11.3 Å². The predicted molar refractivity (Wildman–Crippen MR) is 109 cm³/mol. The fraction of sp³-hybridized carbons (Fsp3) is 0.182. The molecule has 0 aliphatic rings. The summed E-state index contributed by atoms with van der Waals surface area (Å²) in [5.74, 6) is -1.13. The summed E-state index contributed by atoms with van der Waals surface area (Å²) >= 11 is 1.56. The van der Waals surface area contributed by atoms with E-state index >= 15 is 0 Å². The molecule has 0 saturated carbocycles. The lowest BCUT2D eigenvalue weighted by Gasteiger charge is -2.19. The molecule has 0 spiro atoms. The summed E-state index contributed by atoms with van der Waals surface area (Å²) in [5.41, 5.74) is 2.52. The maximum atomic E-state index is 13.0. The van der Waals surface area contributed by atoms with Gasteiger partial charge >= 0.3 is 0 Å². The third-order valence-corrected chi connectivity index (χ3v) is 5.31. The normalized spacial score (nSPS) is 11.6. The van der Waals surface area contributed by atoms with Crippen molar-refractivity contribution in [3.05, 3.63) is 93.4 Å². The predicted octanol–water partition coefficient (Wildman–Crippen LogP) is 4.09. The number of amides is 2. The van der Waals surface area contributed by atoms with Crippen LogP contribution < -0.4 is 10.6 Å². The Balaban J connectivity index is 1.65. The zero-order valence-electron chi connectivity index (χ0n) is 15.4. The number of nitrogens with one attached hydrogen (secondary N) is 2. The van der Waals surface area contributed by atoms with Crippen LogP contribution in [0.1, 0.15) is 39.3 Å². The third-order valence-electron chi connectivity index (χ3n) is 4.37. The molecule has 1 heterocycles. The van der Waals surface area contributed by atoms with E-state index in [4.69, 9.17) is 0 Å². The molecule has 1 unspecified atom stereocenters. The van der Waals surface area contributed by atoms with Crippen LogP contribution in [0.3, 0.4) is 0 Å². The van der Waals surface area contributed by atoms with Crippen molar-refractivity contribution in [1.82, 2.24) is 10.6 Å². The van der Waals surface area contributed by atoms with E-state index in [0.717, 1.165) is 16.9 Å². The molecule has 4 nitrogen and oxygen atoms in total. The van der Waals surface area contributed by atoms with E-state index in [2.05, 4.69) is 29.7 Å². The van der Waals surface area contributed by atoms with E-state index in [0.29, 0.717) is 5.56 Å². The molecule has 0 bridgehead atoms. The van der Waals surface area contributed by atoms with Crippen molar-refractivity contribution < 1.29 is 14.0 Å². The van der Waals surface area contributed by atoms with Crippen molar-refractivity contribution in [2.24, 2.45) is 0 Å². The van der Waals surface area contributed by atoms with Crippen LogP contribution in [-0.2, 0) is 11.2 Å². The van der Waals surface area contributed by atoms with Crippen molar-refractivity contribution in [3.8, 4) is 0 Å². The molecule has 144 valence electrons. The smallest absolute Gasteiger partial charge is 0.251 e. The van der Waals surface area contributed by atoms with Crippen molar-refractivity contribution >= 4 is 23.2 Å². The zero-order valence-corrected chi connectivity index (χ0v) is 16.3.